The summed E-state index contributed by atoms with van der Waals surface area (Å²) < 4.78 is 0. The number of anilines is 1. The third kappa shape index (κ3) is 1.22. The number of carbonyl (C=O) groups is 1. The van der Waals surface area contributed by atoms with E-state index < -0.39 is 5.97 Å². The topological polar surface area (TPSA) is 77.4 Å². The molecule has 0 saturated carbocycles. The molecule has 1 heterocycles. The van der Waals surface area contributed by atoms with Crippen LogP contribution in [0, 0.1) is 0 Å². The van der Waals surface area contributed by atoms with Crippen LogP contribution in [-0.2, 0) is 4.79 Å². The van der Waals surface area contributed by atoms with Crippen molar-refractivity contribution in [1.29, 1.82) is 0 Å². The van der Waals surface area contributed by atoms with E-state index in [9.17, 15) is 4.79 Å². The minimum absolute atomic E-state index is 0.0561. The van der Waals surface area contributed by atoms with E-state index in [-0.39, 0.29) is 5.70 Å². The Kier molecular flexibility index (Phi) is 1.48. The molecule has 0 spiro atoms. The van der Waals surface area contributed by atoms with Crippen molar-refractivity contribution in [2.24, 2.45) is 0 Å². The fraction of sp³-hybridized carbons (Fsp3) is 0. The van der Waals surface area contributed by atoms with Gasteiger partial charge in [0, 0.05) is 11.3 Å². The Hall–Kier alpha value is -1.97. The highest BCUT2D eigenvalue weighted by Crippen LogP contribution is 2.28. The first-order valence-electron chi connectivity index (χ1n) is 3.73. The fourth-order valence-electron chi connectivity index (χ4n) is 1.21. The monoisotopic (exact) mass is 175 g/mol. The van der Waals surface area contributed by atoms with Gasteiger partial charge in [0.15, 0.2) is 0 Å². The molecule has 1 aliphatic heterocycles. The van der Waals surface area contributed by atoms with Crippen LogP contribution in [0.5, 0.6) is 0 Å². The SMILES string of the molecule is Nc1ccc2c(c1)C=C(C(=O)O)[N]2. The van der Waals surface area contributed by atoms with Crippen molar-refractivity contribution in [2.75, 3.05) is 5.73 Å². The molecule has 1 aliphatic rings. The summed E-state index contributed by atoms with van der Waals surface area (Å²) in [5.41, 5.74) is 7.62. The van der Waals surface area contributed by atoms with Gasteiger partial charge in [0.05, 0.1) is 5.69 Å². The van der Waals surface area contributed by atoms with Crippen molar-refractivity contribution in [3.63, 3.8) is 0 Å². The van der Waals surface area contributed by atoms with Crippen LogP contribution in [0.3, 0.4) is 0 Å². The maximum Gasteiger partial charge on any atom is 0.354 e. The summed E-state index contributed by atoms with van der Waals surface area (Å²) in [6.45, 7) is 0. The van der Waals surface area contributed by atoms with E-state index in [4.69, 9.17) is 10.8 Å². The van der Waals surface area contributed by atoms with Crippen LogP contribution < -0.4 is 11.1 Å². The Morgan fingerprint density at radius 3 is 2.92 bits per heavy atom. The Labute approximate surface area is 74.7 Å². The first-order valence-corrected chi connectivity index (χ1v) is 3.73. The lowest BCUT2D eigenvalue weighted by atomic mass is 10.2. The number of rotatable bonds is 1. The first-order chi connectivity index (χ1) is 6.16. The lowest BCUT2D eigenvalue weighted by Crippen LogP contribution is -2.05. The number of aliphatic carboxylic acids is 1. The van der Waals surface area contributed by atoms with E-state index in [1.165, 1.54) is 6.08 Å². The number of hydrogen-bond donors (Lipinski definition) is 2. The number of fused-ring (bicyclic) bond motifs is 1. The summed E-state index contributed by atoms with van der Waals surface area (Å²) in [6, 6.07) is 5.10. The van der Waals surface area contributed by atoms with Gasteiger partial charge in [-0.2, -0.15) is 0 Å². The van der Waals surface area contributed by atoms with Crippen molar-refractivity contribution in [2.45, 2.75) is 0 Å². The minimum Gasteiger partial charge on any atom is -0.477 e. The van der Waals surface area contributed by atoms with Crippen LogP contribution in [0.1, 0.15) is 5.56 Å². The van der Waals surface area contributed by atoms with Gasteiger partial charge in [-0.15, -0.1) is 0 Å². The molecule has 0 aromatic heterocycles. The quantitative estimate of drug-likeness (QED) is 0.623. The van der Waals surface area contributed by atoms with Crippen molar-refractivity contribution in [1.82, 2.24) is 5.32 Å². The van der Waals surface area contributed by atoms with Crippen LogP contribution in [0.25, 0.3) is 6.08 Å². The zero-order valence-corrected chi connectivity index (χ0v) is 6.69. The van der Waals surface area contributed by atoms with Crippen LogP contribution in [0.4, 0.5) is 11.4 Å². The Morgan fingerprint density at radius 1 is 1.46 bits per heavy atom. The second kappa shape index (κ2) is 2.52. The second-order valence-corrected chi connectivity index (χ2v) is 2.76. The number of nitrogens with zero attached hydrogens (tertiary/aromatic N) is 1. The van der Waals surface area contributed by atoms with Crippen LogP contribution in [0.2, 0.25) is 0 Å². The summed E-state index contributed by atoms with van der Waals surface area (Å²) in [6.07, 6.45) is 1.51. The van der Waals surface area contributed by atoms with Crippen LogP contribution in [0.15, 0.2) is 23.9 Å². The predicted octanol–water partition coefficient (Wildman–Crippen LogP) is 0.944. The normalized spacial score (nSPS) is 13.1. The van der Waals surface area contributed by atoms with Gasteiger partial charge >= 0.3 is 5.97 Å². The Balaban J connectivity index is 2.43. The van der Waals surface area contributed by atoms with Crippen molar-refractivity contribution in [3.8, 4) is 0 Å². The molecule has 0 bridgehead atoms. The summed E-state index contributed by atoms with van der Waals surface area (Å²) in [5, 5.41) is 12.6. The van der Waals surface area contributed by atoms with Gasteiger partial charge in [-0.1, -0.05) is 0 Å². The number of nitrogens with two attached hydrogens (primary N) is 1. The summed E-state index contributed by atoms with van der Waals surface area (Å²) in [4.78, 5) is 10.6. The van der Waals surface area contributed by atoms with E-state index in [0.717, 1.165) is 5.56 Å². The molecule has 3 N–H and O–H groups in total. The molecule has 4 nitrogen and oxygen atoms in total. The van der Waals surface area contributed by atoms with Crippen molar-refractivity contribution in [3.05, 3.63) is 29.5 Å². The molecule has 13 heavy (non-hydrogen) atoms. The van der Waals surface area contributed by atoms with E-state index in [1.54, 1.807) is 18.2 Å². The zero-order chi connectivity index (χ0) is 9.42. The van der Waals surface area contributed by atoms with E-state index in [1.807, 2.05) is 0 Å². The first kappa shape index (κ1) is 7.67. The Bertz CT molecular complexity index is 410. The Morgan fingerprint density at radius 2 is 2.23 bits per heavy atom. The summed E-state index contributed by atoms with van der Waals surface area (Å²) >= 11 is 0. The highest BCUT2D eigenvalue weighted by atomic mass is 16.4. The molecule has 0 unspecified atom stereocenters. The van der Waals surface area contributed by atoms with Gasteiger partial charge in [-0.25, -0.2) is 10.1 Å². The van der Waals surface area contributed by atoms with Crippen molar-refractivity contribution < 1.29 is 9.90 Å². The molecule has 4 heteroatoms. The minimum atomic E-state index is -1.02. The lowest BCUT2D eigenvalue weighted by Gasteiger charge is -1.98. The number of benzene rings is 1. The van der Waals surface area contributed by atoms with Gasteiger partial charge in [0.1, 0.15) is 5.70 Å². The van der Waals surface area contributed by atoms with E-state index in [0.29, 0.717) is 11.4 Å². The van der Waals surface area contributed by atoms with Gasteiger partial charge < -0.3 is 10.8 Å². The van der Waals surface area contributed by atoms with Crippen LogP contribution in [-0.4, -0.2) is 11.1 Å². The predicted molar refractivity (Wildman–Crippen MR) is 48.3 cm³/mol. The molecular formula is C9H7N2O2. The third-order valence-electron chi connectivity index (χ3n) is 1.80. The number of hydrogen-bond acceptors (Lipinski definition) is 2. The highest BCUT2D eigenvalue weighted by molar-refractivity contribution is 5.96. The number of nitrogen functional groups attached to an aromatic ring is 1. The fourth-order valence-corrected chi connectivity index (χ4v) is 1.21. The maximum atomic E-state index is 10.6. The molecule has 65 valence electrons. The second-order valence-electron chi connectivity index (χ2n) is 2.76. The van der Waals surface area contributed by atoms with Gasteiger partial charge in [0.2, 0.25) is 0 Å². The molecule has 0 atom stereocenters. The zero-order valence-electron chi connectivity index (χ0n) is 6.69. The summed E-state index contributed by atoms with van der Waals surface area (Å²) in [5.74, 6) is -1.02. The largest absolute Gasteiger partial charge is 0.477 e. The molecule has 2 rings (SSSR count). The maximum absolute atomic E-state index is 10.6. The summed E-state index contributed by atoms with van der Waals surface area (Å²) in [7, 11) is 0. The lowest BCUT2D eigenvalue weighted by molar-refractivity contribution is -0.132. The average Bonchev–Trinajstić information content (AvgIpc) is 2.46. The molecule has 1 aromatic carbocycles. The average molecular weight is 175 g/mol. The van der Waals surface area contributed by atoms with E-state index in [2.05, 4.69) is 5.32 Å². The number of carboxylic acids is 1. The molecule has 0 amide bonds. The molecular weight excluding hydrogens is 168 g/mol. The molecule has 1 aromatic rings. The highest BCUT2D eigenvalue weighted by Gasteiger charge is 2.18. The van der Waals surface area contributed by atoms with Gasteiger partial charge in [-0.3, -0.25) is 0 Å². The molecule has 0 saturated heterocycles. The molecule has 0 aliphatic carbocycles. The van der Waals surface area contributed by atoms with E-state index >= 15 is 0 Å². The molecule has 1 radical (unpaired) electrons. The van der Waals surface area contributed by atoms with Gasteiger partial charge in [0.25, 0.3) is 0 Å². The third-order valence-corrected chi connectivity index (χ3v) is 1.80. The number of carboxylic acid groups (broad SMARTS) is 1. The standard InChI is InChI=1S/C9H7N2O2/c10-6-1-2-7-5(3-6)4-8(11-7)9(12)13/h1-4H,10H2,(H,12,13). The smallest absolute Gasteiger partial charge is 0.354 e. The molecule has 0 fully saturated rings. The van der Waals surface area contributed by atoms with Crippen molar-refractivity contribution >= 4 is 23.4 Å². The van der Waals surface area contributed by atoms with Crippen LogP contribution >= 0.6 is 0 Å². The van der Waals surface area contributed by atoms with Gasteiger partial charge in [-0.05, 0) is 24.3 Å².